The van der Waals surface area contributed by atoms with Crippen LogP contribution in [0.2, 0.25) is 0 Å². The number of unbranched alkanes of at least 4 members (excludes halogenated alkanes) is 18. The van der Waals surface area contributed by atoms with Crippen LogP contribution in [-0.4, -0.2) is 148 Å². The maximum absolute atomic E-state index is 12.6. The number of carboxylic acid groups (broad SMARTS) is 2. The molecule has 0 heterocycles. The molecule has 0 aromatic carbocycles. The molecule has 392 valence electrons. The van der Waals surface area contributed by atoms with E-state index in [9.17, 15) is 28.8 Å². The summed E-state index contributed by atoms with van der Waals surface area (Å²) in [5.41, 5.74) is -0.909. The van der Waals surface area contributed by atoms with Crippen LogP contribution < -0.4 is 21.3 Å². The number of aliphatic hydroxyl groups excluding tert-OH is 2. The second-order valence-electron chi connectivity index (χ2n) is 17.6. The monoisotopic (exact) mass is 961 g/mol. The summed E-state index contributed by atoms with van der Waals surface area (Å²) >= 11 is 0. The first-order valence-corrected chi connectivity index (χ1v) is 25.6. The molecular formula is C49H92N4O14. The molecule has 18 heteroatoms. The Labute approximate surface area is 401 Å². The number of hydrogen-bond donors (Lipinski definition) is 8. The van der Waals surface area contributed by atoms with Crippen LogP contribution in [0.3, 0.4) is 0 Å². The van der Waals surface area contributed by atoms with E-state index >= 15 is 0 Å². The number of nitrogens with one attached hydrogen (secondary N) is 4. The fraction of sp³-hybridized carbons (Fsp3) is 0.878. The first-order valence-electron chi connectivity index (χ1n) is 25.6. The van der Waals surface area contributed by atoms with E-state index in [0.29, 0.717) is 39.0 Å². The first-order chi connectivity index (χ1) is 32.5. The summed E-state index contributed by atoms with van der Waals surface area (Å²) in [6.07, 6.45) is 20.5. The Bertz CT molecular complexity index is 1150. The zero-order chi connectivity index (χ0) is 49.3. The normalized spacial score (nSPS) is 11.4. The molecule has 0 rings (SSSR count). The van der Waals surface area contributed by atoms with Gasteiger partial charge in [0.25, 0.3) is 0 Å². The molecule has 18 nitrogen and oxygen atoms in total. The fourth-order valence-corrected chi connectivity index (χ4v) is 7.08. The van der Waals surface area contributed by atoms with Crippen molar-refractivity contribution < 1.29 is 68.1 Å². The van der Waals surface area contributed by atoms with Crippen molar-refractivity contribution in [2.45, 2.75) is 180 Å². The number of aliphatic carboxylic acids is 2. The molecule has 0 radical (unpaired) electrons. The molecule has 0 unspecified atom stereocenters. The van der Waals surface area contributed by atoms with Gasteiger partial charge in [0.1, 0.15) is 0 Å². The molecule has 0 aliphatic carbocycles. The highest BCUT2D eigenvalue weighted by atomic mass is 16.5. The number of carboxylic acids is 2. The van der Waals surface area contributed by atoms with Crippen molar-refractivity contribution in [3.05, 3.63) is 0 Å². The Kier molecular flexibility index (Phi) is 45.2. The third kappa shape index (κ3) is 46.1. The summed E-state index contributed by atoms with van der Waals surface area (Å²) in [6.45, 7) is 3.37. The minimum atomic E-state index is -0.909. The second-order valence-corrected chi connectivity index (χ2v) is 17.6. The third-order valence-electron chi connectivity index (χ3n) is 11.1. The molecule has 0 saturated heterocycles. The Morgan fingerprint density at radius 3 is 0.776 bits per heavy atom. The van der Waals surface area contributed by atoms with Gasteiger partial charge in [-0.1, -0.05) is 89.9 Å². The lowest BCUT2D eigenvalue weighted by Gasteiger charge is -2.33. The van der Waals surface area contributed by atoms with Gasteiger partial charge in [0.2, 0.25) is 23.6 Å². The summed E-state index contributed by atoms with van der Waals surface area (Å²) in [4.78, 5) is 71.9. The minimum absolute atomic E-state index is 0.0737. The van der Waals surface area contributed by atoms with Gasteiger partial charge in [-0.05, 0) is 51.4 Å². The Hall–Kier alpha value is -3.42. The number of ether oxygens (including phenoxy) is 4. The van der Waals surface area contributed by atoms with E-state index in [2.05, 4.69) is 21.3 Å². The first kappa shape index (κ1) is 63.6. The molecule has 8 N–H and O–H groups in total. The van der Waals surface area contributed by atoms with Crippen LogP contribution in [0.5, 0.6) is 0 Å². The third-order valence-corrected chi connectivity index (χ3v) is 11.1. The predicted molar refractivity (Wildman–Crippen MR) is 256 cm³/mol. The molecule has 4 amide bonds. The van der Waals surface area contributed by atoms with Crippen molar-refractivity contribution in [2.24, 2.45) is 5.41 Å². The molecular weight excluding hydrogens is 869 g/mol. The lowest BCUT2D eigenvalue weighted by atomic mass is 9.92. The van der Waals surface area contributed by atoms with Crippen molar-refractivity contribution >= 4 is 35.6 Å². The Morgan fingerprint density at radius 2 is 0.537 bits per heavy atom. The van der Waals surface area contributed by atoms with Gasteiger partial charge in [-0.25, -0.2) is 0 Å². The highest BCUT2D eigenvalue weighted by Crippen LogP contribution is 2.22. The summed E-state index contributed by atoms with van der Waals surface area (Å²) in [6, 6.07) is 0. The summed E-state index contributed by atoms with van der Waals surface area (Å²) in [5.74, 6) is -2.17. The molecule has 0 aliphatic rings. The lowest BCUT2D eigenvalue weighted by Crippen LogP contribution is -2.43. The zero-order valence-corrected chi connectivity index (χ0v) is 41.1. The maximum Gasteiger partial charge on any atom is 0.303 e. The number of carbonyl (C=O) groups is 6. The van der Waals surface area contributed by atoms with Crippen LogP contribution in [-0.2, 0) is 47.7 Å². The van der Waals surface area contributed by atoms with Gasteiger partial charge >= 0.3 is 11.9 Å². The van der Waals surface area contributed by atoms with Crippen molar-refractivity contribution in [3.63, 3.8) is 0 Å². The van der Waals surface area contributed by atoms with Gasteiger partial charge in [-0.15, -0.1) is 0 Å². The average molecular weight is 961 g/mol. The smallest absolute Gasteiger partial charge is 0.303 e. The van der Waals surface area contributed by atoms with E-state index in [-0.39, 0.29) is 128 Å². The van der Waals surface area contributed by atoms with Crippen LogP contribution in [0, 0.1) is 5.41 Å². The highest BCUT2D eigenvalue weighted by molar-refractivity contribution is 5.77. The van der Waals surface area contributed by atoms with Gasteiger partial charge in [0.15, 0.2) is 0 Å². The van der Waals surface area contributed by atoms with E-state index < -0.39 is 17.4 Å². The standard InChI is InChI=1S/C49H92N4O14/c54-33-21-13-3-1-9-17-29-50-43(56)25-35-64-39-49(40-65-36-26-44(57)51-30-18-10-2-4-14-22-34-55,41-66-37-27-45(58)52-31-19-11-5-7-15-23-47(60)61)42-67-38-28-46(59)53-32-20-12-6-8-16-24-48(62)63/h54-55H,1-42H2,(H,50,56)(H,51,57)(H,52,58)(H,53,59)(H,60,61)(H,62,63). The fourth-order valence-electron chi connectivity index (χ4n) is 7.08. The van der Waals surface area contributed by atoms with E-state index in [4.69, 9.17) is 39.4 Å². The van der Waals surface area contributed by atoms with Crippen LogP contribution in [0.4, 0.5) is 0 Å². The van der Waals surface area contributed by atoms with Crippen LogP contribution in [0.1, 0.15) is 180 Å². The van der Waals surface area contributed by atoms with Crippen molar-refractivity contribution in [1.82, 2.24) is 21.3 Å². The highest BCUT2D eigenvalue weighted by Gasteiger charge is 2.33. The second kappa shape index (κ2) is 47.6. The number of amides is 4. The van der Waals surface area contributed by atoms with E-state index in [0.717, 1.165) is 128 Å². The quantitative estimate of drug-likeness (QED) is 0.0346. The summed E-state index contributed by atoms with van der Waals surface area (Å²) < 4.78 is 24.3. The Morgan fingerprint density at radius 1 is 0.313 bits per heavy atom. The number of rotatable bonds is 52. The molecule has 0 aromatic rings. The summed E-state index contributed by atoms with van der Waals surface area (Å²) in [7, 11) is 0. The minimum Gasteiger partial charge on any atom is -0.481 e. The number of hydrogen-bond acceptors (Lipinski definition) is 12. The van der Waals surface area contributed by atoms with Crippen molar-refractivity contribution in [2.75, 3.05) is 92.2 Å². The largest absolute Gasteiger partial charge is 0.481 e. The lowest BCUT2D eigenvalue weighted by molar-refractivity contribution is -0.138. The van der Waals surface area contributed by atoms with E-state index in [1.807, 2.05) is 0 Å². The van der Waals surface area contributed by atoms with E-state index in [1.165, 1.54) is 0 Å². The molecule has 0 spiro atoms. The van der Waals surface area contributed by atoms with Crippen molar-refractivity contribution in [1.29, 1.82) is 0 Å². The van der Waals surface area contributed by atoms with Crippen LogP contribution in [0.25, 0.3) is 0 Å². The predicted octanol–water partition coefficient (Wildman–Crippen LogP) is 5.58. The molecule has 0 aliphatic heterocycles. The van der Waals surface area contributed by atoms with Gasteiger partial charge in [0.05, 0.1) is 58.3 Å². The molecule has 0 bridgehead atoms. The topological polar surface area (TPSA) is 268 Å². The van der Waals surface area contributed by atoms with Crippen LogP contribution in [0.15, 0.2) is 0 Å². The molecule has 67 heavy (non-hydrogen) atoms. The summed E-state index contributed by atoms with van der Waals surface area (Å²) in [5, 5.41) is 47.2. The zero-order valence-electron chi connectivity index (χ0n) is 41.1. The van der Waals surface area contributed by atoms with Gasteiger partial charge in [0, 0.05) is 77.9 Å². The molecule has 0 atom stereocenters. The van der Waals surface area contributed by atoms with Gasteiger partial charge in [-0.2, -0.15) is 0 Å². The van der Waals surface area contributed by atoms with Gasteiger partial charge in [-0.3, -0.25) is 28.8 Å². The average Bonchev–Trinajstić information content (AvgIpc) is 3.30. The SMILES string of the molecule is O=C(O)CCCCCCCNC(=O)CCOCC(COCCC(=O)NCCCCCCCCO)(COCCC(=O)NCCCCCCCCO)COCCC(=O)NCCCCCCCC(=O)O. The number of aliphatic hydroxyl groups is 2. The number of carbonyl (C=O) groups excluding carboxylic acids is 4. The van der Waals surface area contributed by atoms with E-state index in [1.54, 1.807) is 0 Å². The molecule has 0 saturated carbocycles. The van der Waals surface area contributed by atoms with Crippen molar-refractivity contribution in [3.8, 4) is 0 Å². The maximum atomic E-state index is 12.6. The van der Waals surface area contributed by atoms with Crippen LogP contribution >= 0.6 is 0 Å². The van der Waals surface area contributed by atoms with Gasteiger partial charge < -0.3 is 60.6 Å². The molecule has 0 fully saturated rings. The molecule has 0 aromatic heterocycles. The Balaban J connectivity index is 5.38.